The predicted octanol–water partition coefficient (Wildman–Crippen LogP) is 1.71. The average molecular weight is 545 g/mol. The first-order valence-corrected chi connectivity index (χ1v) is 14.1. The number of fused-ring (bicyclic) bond motifs is 1. The van der Waals surface area contributed by atoms with Crippen LogP contribution < -0.4 is 0 Å². The van der Waals surface area contributed by atoms with Gasteiger partial charge in [0.05, 0.1) is 30.8 Å². The summed E-state index contributed by atoms with van der Waals surface area (Å²) in [5.74, 6) is -1.43. The number of epoxide rings is 2. The maximum Gasteiger partial charge on any atom is 0.338 e. The highest BCUT2D eigenvalue weighted by Gasteiger charge is 2.83. The third-order valence-corrected chi connectivity index (χ3v) is 11.2. The Morgan fingerprint density at radius 2 is 1.90 bits per heavy atom. The Morgan fingerprint density at radius 3 is 2.64 bits per heavy atom. The normalized spacial score (nSPS) is 52.2. The van der Waals surface area contributed by atoms with Crippen LogP contribution in [0.25, 0.3) is 0 Å². The molecule has 1 saturated carbocycles. The van der Waals surface area contributed by atoms with Crippen molar-refractivity contribution in [1.82, 2.24) is 0 Å². The first kappa shape index (κ1) is 25.8. The van der Waals surface area contributed by atoms with Gasteiger partial charge in [0, 0.05) is 24.3 Å². The molecule has 4 bridgehead atoms. The number of carbonyl (C=O) groups is 3. The molecule has 5 fully saturated rings. The molecular weight excluding hydrogens is 508 g/mol. The molecule has 4 saturated heterocycles. The van der Waals surface area contributed by atoms with E-state index in [1.165, 1.54) is 18.6 Å². The molecule has 0 radical (unpaired) electrons. The van der Waals surface area contributed by atoms with Gasteiger partial charge in [-0.25, -0.2) is 9.59 Å². The van der Waals surface area contributed by atoms with E-state index in [1.54, 1.807) is 6.08 Å². The zero-order chi connectivity index (χ0) is 27.4. The molecule has 0 aromatic carbocycles. The van der Waals surface area contributed by atoms with Gasteiger partial charge in [0.15, 0.2) is 17.5 Å². The molecule has 5 aliphatic heterocycles. The number of hydrogen-bond acceptors (Lipinski definition) is 10. The molecule has 7 rings (SSSR count). The minimum Gasteiger partial charge on any atom is -0.463 e. The third-order valence-electron chi connectivity index (χ3n) is 11.2. The molecule has 10 nitrogen and oxygen atoms in total. The number of rotatable bonds is 1. The molecular formula is C29H36O10. The standard InChI is InChI=1S/C29H36O10/c1-16-7-9-26-14-34-23(32)22-28(39-22)10-11-35-27(17(2)30,24(28)33)8-5-4-6-21(31)38-18-13-20(37-19(26)12-16)29(15-36-29)25(18,26)3/h4,6,12,18-20,22,24,33H,5,7-11,13-15H2,1-3H3. The fourth-order valence-electron chi connectivity index (χ4n) is 8.58. The van der Waals surface area contributed by atoms with Gasteiger partial charge in [-0.3, -0.25) is 4.79 Å². The van der Waals surface area contributed by atoms with E-state index in [4.69, 9.17) is 28.4 Å². The number of cyclic esters (lactones) is 1. The summed E-state index contributed by atoms with van der Waals surface area (Å²) >= 11 is 0. The van der Waals surface area contributed by atoms with Crippen LogP contribution in [-0.4, -0.2) is 90.0 Å². The molecule has 10 unspecified atom stereocenters. The fourth-order valence-corrected chi connectivity index (χ4v) is 8.58. The van der Waals surface area contributed by atoms with Crippen molar-refractivity contribution in [2.45, 2.75) is 107 Å². The van der Waals surface area contributed by atoms with Gasteiger partial charge in [-0.05, 0) is 39.5 Å². The van der Waals surface area contributed by atoms with E-state index in [1.807, 2.05) is 0 Å². The first-order valence-electron chi connectivity index (χ1n) is 14.1. The van der Waals surface area contributed by atoms with Gasteiger partial charge >= 0.3 is 11.9 Å². The van der Waals surface area contributed by atoms with E-state index in [0.29, 0.717) is 19.4 Å². The van der Waals surface area contributed by atoms with Crippen molar-refractivity contribution < 1.29 is 47.9 Å². The molecule has 10 atom stereocenters. The highest BCUT2D eigenvalue weighted by molar-refractivity contribution is 5.88. The lowest BCUT2D eigenvalue weighted by molar-refractivity contribution is -0.233. The topological polar surface area (TPSA) is 133 Å². The monoisotopic (exact) mass is 544 g/mol. The second-order valence-electron chi connectivity index (χ2n) is 12.7. The Hall–Kier alpha value is -2.11. The summed E-state index contributed by atoms with van der Waals surface area (Å²) in [6.45, 7) is 6.20. The van der Waals surface area contributed by atoms with Crippen LogP contribution in [0.4, 0.5) is 0 Å². The minimum atomic E-state index is -1.54. The van der Waals surface area contributed by atoms with Crippen molar-refractivity contribution >= 4 is 17.7 Å². The Kier molecular flexibility index (Phi) is 5.45. The number of aliphatic hydroxyl groups is 1. The fraction of sp³-hybridized carbons (Fsp3) is 0.759. The molecule has 212 valence electrons. The average Bonchev–Trinajstić information content (AvgIpc) is 3.81. The Bertz CT molecular complexity index is 1190. The number of ether oxygens (including phenoxy) is 6. The molecule has 3 spiro atoms. The van der Waals surface area contributed by atoms with Crippen LogP contribution in [0.15, 0.2) is 23.8 Å². The molecule has 7 aliphatic rings. The molecule has 0 aromatic rings. The SMILES string of the molecule is CC(=O)C12CCC=CC(=O)OC3CC4OC5C=C(C)CCC5(COC(=O)C5OC5(CCO1)C2O)C3(C)C41CO1. The van der Waals surface area contributed by atoms with Crippen molar-refractivity contribution in [2.75, 3.05) is 19.8 Å². The van der Waals surface area contributed by atoms with E-state index >= 15 is 0 Å². The number of hydrogen-bond donors (Lipinski definition) is 1. The second-order valence-corrected chi connectivity index (χ2v) is 12.7. The molecule has 39 heavy (non-hydrogen) atoms. The van der Waals surface area contributed by atoms with Crippen molar-refractivity contribution in [1.29, 1.82) is 0 Å². The second kappa shape index (κ2) is 8.22. The van der Waals surface area contributed by atoms with Crippen LogP contribution in [0.5, 0.6) is 0 Å². The Morgan fingerprint density at radius 1 is 1.10 bits per heavy atom. The molecule has 2 aliphatic carbocycles. The van der Waals surface area contributed by atoms with Crippen molar-refractivity contribution in [3.05, 3.63) is 23.8 Å². The van der Waals surface area contributed by atoms with Crippen LogP contribution in [0.1, 0.15) is 59.3 Å². The summed E-state index contributed by atoms with van der Waals surface area (Å²) in [6.07, 6.45) is 4.34. The zero-order valence-electron chi connectivity index (χ0n) is 22.6. The van der Waals surface area contributed by atoms with Gasteiger partial charge in [0.2, 0.25) is 0 Å². The first-order chi connectivity index (χ1) is 18.5. The molecule has 0 amide bonds. The van der Waals surface area contributed by atoms with E-state index in [2.05, 4.69) is 19.9 Å². The highest BCUT2D eigenvalue weighted by Crippen LogP contribution is 2.72. The summed E-state index contributed by atoms with van der Waals surface area (Å²) in [5, 5.41) is 11.4. The van der Waals surface area contributed by atoms with Gasteiger partial charge in [0.1, 0.15) is 30.0 Å². The number of ketones is 1. The van der Waals surface area contributed by atoms with Gasteiger partial charge < -0.3 is 33.5 Å². The maximum atomic E-state index is 13.5. The molecule has 0 aromatic heterocycles. The predicted molar refractivity (Wildman–Crippen MR) is 132 cm³/mol. The quantitative estimate of drug-likeness (QED) is 0.295. The highest BCUT2D eigenvalue weighted by atomic mass is 16.7. The van der Waals surface area contributed by atoms with E-state index in [9.17, 15) is 19.5 Å². The van der Waals surface area contributed by atoms with Crippen LogP contribution in [0, 0.1) is 10.8 Å². The molecule has 1 N–H and O–H groups in total. The lowest BCUT2D eigenvalue weighted by Crippen LogP contribution is -2.67. The summed E-state index contributed by atoms with van der Waals surface area (Å²) in [6, 6.07) is 0. The van der Waals surface area contributed by atoms with E-state index in [-0.39, 0.29) is 50.5 Å². The van der Waals surface area contributed by atoms with Crippen molar-refractivity contribution in [3.63, 3.8) is 0 Å². The van der Waals surface area contributed by atoms with E-state index < -0.39 is 57.9 Å². The number of esters is 2. The van der Waals surface area contributed by atoms with Crippen LogP contribution in [-0.2, 0) is 42.8 Å². The number of allylic oxidation sites excluding steroid dienone is 2. The lowest BCUT2D eigenvalue weighted by Gasteiger charge is -2.58. The number of aliphatic hydroxyl groups excluding tert-OH is 1. The minimum absolute atomic E-state index is 0.0267. The Labute approximate surface area is 226 Å². The van der Waals surface area contributed by atoms with Gasteiger partial charge in [-0.1, -0.05) is 24.6 Å². The summed E-state index contributed by atoms with van der Waals surface area (Å²) in [4.78, 5) is 39.4. The maximum absolute atomic E-state index is 13.5. The molecule has 5 heterocycles. The molecule has 10 heteroatoms. The van der Waals surface area contributed by atoms with Crippen molar-refractivity contribution in [2.24, 2.45) is 10.8 Å². The zero-order valence-corrected chi connectivity index (χ0v) is 22.6. The van der Waals surface area contributed by atoms with Gasteiger partial charge in [-0.15, -0.1) is 0 Å². The van der Waals surface area contributed by atoms with E-state index in [0.717, 1.165) is 6.42 Å². The van der Waals surface area contributed by atoms with Gasteiger partial charge in [-0.2, -0.15) is 0 Å². The largest absolute Gasteiger partial charge is 0.463 e. The van der Waals surface area contributed by atoms with Crippen LogP contribution in [0.2, 0.25) is 0 Å². The third kappa shape index (κ3) is 3.18. The summed E-state index contributed by atoms with van der Waals surface area (Å²) in [5.41, 5.74) is -3.54. The summed E-state index contributed by atoms with van der Waals surface area (Å²) in [7, 11) is 0. The van der Waals surface area contributed by atoms with Crippen LogP contribution in [0.3, 0.4) is 0 Å². The van der Waals surface area contributed by atoms with Crippen molar-refractivity contribution in [3.8, 4) is 0 Å². The van der Waals surface area contributed by atoms with Gasteiger partial charge in [0.25, 0.3) is 0 Å². The summed E-state index contributed by atoms with van der Waals surface area (Å²) < 4.78 is 36.7. The Balaban J connectivity index is 1.29. The number of carbonyl (C=O) groups excluding carboxylic acids is 3. The number of Topliss-reactive ketones (excluding diaryl/α,β-unsaturated/α-hetero) is 1. The lowest BCUT2D eigenvalue weighted by atomic mass is 9.51. The smallest absolute Gasteiger partial charge is 0.338 e. The van der Waals surface area contributed by atoms with Crippen LogP contribution >= 0.6 is 0 Å².